The molecular formula is C22H22ClN3O5. The minimum atomic E-state index is -0.301. The molecule has 1 aromatic heterocycles. The maximum Gasteiger partial charge on any atom is 0.258 e. The minimum absolute atomic E-state index is 0.0841. The van der Waals surface area contributed by atoms with E-state index < -0.39 is 0 Å². The number of rotatable bonds is 9. The second-order valence-electron chi connectivity index (χ2n) is 6.40. The summed E-state index contributed by atoms with van der Waals surface area (Å²) < 4.78 is 21.2. The summed E-state index contributed by atoms with van der Waals surface area (Å²) in [6.07, 6.45) is 1.61. The number of aromatic nitrogens is 2. The molecule has 1 heterocycles. The molecule has 0 saturated carbocycles. The van der Waals surface area contributed by atoms with Gasteiger partial charge in [0.1, 0.15) is 12.3 Å². The van der Waals surface area contributed by atoms with Crippen LogP contribution in [-0.4, -0.2) is 48.8 Å². The molecule has 2 aromatic carbocycles. The van der Waals surface area contributed by atoms with Crippen molar-refractivity contribution < 1.29 is 23.5 Å². The van der Waals surface area contributed by atoms with Gasteiger partial charge in [-0.25, -0.2) is 0 Å². The van der Waals surface area contributed by atoms with Gasteiger partial charge in [-0.05, 0) is 36.4 Å². The molecule has 0 N–H and O–H groups in total. The number of methoxy groups -OCH3 is 3. The Labute approximate surface area is 185 Å². The van der Waals surface area contributed by atoms with Crippen LogP contribution >= 0.6 is 11.6 Å². The highest BCUT2D eigenvalue weighted by molar-refractivity contribution is 6.31. The van der Waals surface area contributed by atoms with Crippen LogP contribution in [0.3, 0.4) is 0 Å². The molecule has 0 bridgehead atoms. The van der Waals surface area contributed by atoms with Gasteiger partial charge >= 0.3 is 0 Å². The molecule has 0 fully saturated rings. The van der Waals surface area contributed by atoms with Gasteiger partial charge in [-0.2, -0.15) is 4.98 Å². The molecule has 0 radical (unpaired) electrons. The van der Waals surface area contributed by atoms with Gasteiger partial charge in [0.15, 0.2) is 11.5 Å². The third-order valence-corrected chi connectivity index (χ3v) is 4.70. The van der Waals surface area contributed by atoms with Crippen LogP contribution in [0, 0.1) is 0 Å². The summed E-state index contributed by atoms with van der Waals surface area (Å²) in [5.41, 5.74) is 1.02. The molecule has 0 atom stereocenters. The van der Waals surface area contributed by atoms with E-state index in [-0.39, 0.29) is 24.9 Å². The highest BCUT2D eigenvalue weighted by atomic mass is 35.5. The minimum Gasteiger partial charge on any atom is -0.496 e. The van der Waals surface area contributed by atoms with Gasteiger partial charge in [-0.15, -0.1) is 6.58 Å². The maximum absolute atomic E-state index is 13.1. The van der Waals surface area contributed by atoms with Crippen LogP contribution in [0.25, 0.3) is 11.4 Å². The van der Waals surface area contributed by atoms with Crippen molar-refractivity contribution in [2.24, 2.45) is 0 Å². The number of carbonyl (C=O) groups excluding carboxylic acids is 1. The van der Waals surface area contributed by atoms with E-state index in [0.29, 0.717) is 39.2 Å². The van der Waals surface area contributed by atoms with Crippen molar-refractivity contribution in [2.45, 2.75) is 6.54 Å². The van der Waals surface area contributed by atoms with E-state index in [4.69, 9.17) is 30.3 Å². The molecule has 0 saturated heterocycles. The van der Waals surface area contributed by atoms with Crippen LogP contribution < -0.4 is 14.2 Å². The summed E-state index contributed by atoms with van der Waals surface area (Å²) in [4.78, 5) is 19.0. The second kappa shape index (κ2) is 9.99. The number of amides is 1. The normalized spacial score (nSPS) is 10.5. The molecule has 162 valence electrons. The lowest BCUT2D eigenvalue weighted by Gasteiger charge is -2.20. The van der Waals surface area contributed by atoms with E-state index in [1.54, 1.807) is 56.7 Å². The van der Waals surface area contributed by atoms with Gasteiger partial charge in [0.2, 0.25) is 11.7 Å². The Balaban J connectivity index is 1.85. The summed E-state index contributed by atoms with van der Waals surface area (Å²) in [5.74, 6) is 1.88. The zero-order chi connectivity index (χ0) is 22.4. The van der Waals surface area contributed by atoms with Crippen molar-refractivity contribution in [1.82, 2.24) is 15.0 Å². The van der Waals surface area contributed by atoms with Gasteiger partial charge in [0.05, 0.1) is 26.9 Å². The van der Waals surface area contributed by atoms with Crippen LogP contribution in [0.4, 0.5) is 0 Å². The van der Waals surface area contributed by atoms with Crippen molar-refractivity contribution in [1.29, 1.82) is 0 Å². The quantitative estimate of drug-likeness (QED) is 0.457. The molecule has 9 heteroatoms. The monoisotopic (exact) mass is 443 g/mol. The Morgan fingerprint density at radius 1 is 1.10 bits per heavy atom. The van der Waals surface area contributed by atoms with Gasteiger partial charge in [0.25, 0.3) is 5.91 Å². The van der Waals surface area contributed by atoms with Gasteiger partial charge in [-0.3, -0.25) is 4.79 Å². The number of ether oxygens (including phenoxy) is 3. The first-order valence-electron chi connectivity index (χ1n) is 9.29. The first-order chi connectivity index (χ1) is 15.0. The maximum atomic E-state index is 13.1. The first kappa shape index (κ1) is 22.2. The SMILES string of the molecule is C=CCN(Cc1nc(-c2ccc(OC)c(OC)c2)no1)C(=O)c1cc(Cl)ccc1OC. The summed E-state index contributed by atoms with van der Waals surface area (Å²) in [7, 11) is 4.60. The summed E-state index contributed by atoms with van der Waals surface area (Å²) >= 11 is 6.07. The average molecular weight is 444 g/mol. The summed E-state index contributed by atoms with van der Waals surface area (Å²) in [5, 5.41) is 4.45. The predicted octanol–water partition coefficient (Wildman–Crippen LogP) is 4.24. The van der Waals surface area contributed by atoms with Crippen LogP contribution in [0.15, 0.2) is 53.6 Å². The molecular weight excluding hydrogens is 422 g/mol. The number of benzene rings is 2. The van der Waals surface area contributed by atoms with Crippen LogP contribution in [0.2, 0.25) is 5.02 Å². The Morgan fingerprint density at radius 3 is 2.48 bits per heavy atom. The number of carbonyl (C=O) groups is 1. The zero-order valence-corrected chi connectivity index (χ0v) is 18.2. The highest BCUT2D eigenvalue weighted by Gasteiger charge is 2.22. The molecule has 0 spiro atoms. The van der Waals surface area contributed by atoms with E-state index in [1.807, 2.05) is 0 Å². The average Bonchev–Trinajstić information content (AvgIpc) is 3.26. The van der Waals surface area contributed by atoms with Crippen LogP contribution in [0.5, 0.6) is 17.2 Å². The van der Waals surface area contributed by atoms with E-state index in [1.165, 1.54) is 12.0 Å². The van der Waals surface area contributed by atoms with E-state index in [2.05, 4.69) is 16.7 Å². The number of hydrogen-bond donors (Lipinski definition) is 0. The largest absolute Gasteiger partial charge is 0.496 e. The van der Waals surface area contributed by atoms with Crippen molar-refractivity contribution in [3.05, 3.63) is 65.5 Å². The standard InChI is InChI=1S/C22H22ClN3O5/c1-5-10-26(22(27)16-12-15(23)7-9-17(16)28-2)13-20-24-21(25-31-20)14-6-8-18(29-3)19(11-14)30-4/h5-9,11-12H,1,10,13H2,2-4H3. The molecule has 0 aliphatic heterocycles. The molecule has 3 aromatic rings. The van der Waals surface area contributed by atoms with Gasteiger partial charge in [0, 0.05) is 17.1 Å². The molecule has 0 aliphatic carbocycles. The van der Waals surface area contributed by atoms with Crippen LogP contribution in [-0.2, 0) is 6.54 Å². The predicted molar refractivity (Wildman–Crippen MR) is 116 cm³/mol. The van der Waals surface area contributed by atoms with Crippen molar-refractivity contribution in [3.8, 4) is 28.6 Å². The molecule has 3 rings (SSSR count). The molecule has 31 heavy (non-hydrogen) atoms. The smallest absolute Gasteiger partial charge is 0.258 e. The Bertz CT molecular complexity index is 1080. The third-order valence-electron chi connectivity index (χ3n) is 4.46. The molecule has 0 aliphatic rings. The number of hydrogen-bond acceptors (Lipinski definition) is 7. The highest BCUT2D eigenvalue weighted by Crippen LogP contribution is 2.31. The summed E-state index contributed by atoms with van der Waals surface area (Å²) in [6, 6.07) is 10.1. The fraction of sp³-hybridized carbons (Fsp3) is 0.227. The Hall–Kier alpha value is -3.52. The second-order valence-corrected chi connectivity index (χ2v) is 6.84. The third kappa shape index (κ3) is 4.97. The lowest BCUT2D eigenvalue weighted by atomic mass is 10.1. The lowest BCUT2D eigenvalue weighted by molar-refractivity contribution is 0.0742. The van der Waals surface area contributed by atoms with Crippen molar-refractivity contribution >= 4 is 17.5 Å². The number of nitrogens with zero attached hydrogens (tertiary/aromatic N) is 3. The van der Waals surface area contributed by atoms with Gasteiger partial charge in [-0.1, -0.05) is 22.8 Å². The summed E-state index contributed by atoms with van der Waals surface area (Å²) in [6.45, 7) is 4.07. The van der Waals surface area contributed by atoms with E-state index in [9.17, 15) is 4.79 Å². The Kier molecular flexibility index (Phi) is 7.15. The lowest BCUT2D eigenvalue weighted by Crippen LogP contribution is -2.31. The van der Waals surface area contributed by atoms with Gasteiger partial charge < -0.3 is 23.6 Å². The molecule has 8 nitrogen and oxygen atoms in total. The topological polar surface area (TPSA) is 86.9 Å². The van der Waals surface area contributed by atoms with E-state index >= 15 is 0 Å². The van der Waals surface area contributed by atoms with Crippen LogP contribution in [0.1, 0.15) is 16.2 Å². The Morgan fingerprint density at radius 2 is 1.81 bits per heavy atom. The first-order valence-corrected chi connectivity index (χ1v) is 9.67. The fourth-order valence-corrected chi connectivity index (χ4v) is 3.14. The molecule has 0 unspecified atom stereocenters. The fourth-order valence-electron chi connectivity index (χ4n) is 2.97. The van der Waals surface area contributed by atoms with Crippen molar-refractivity contribution in [2.75, 3.05) is 27.9 Å². The van der Waals surface area contributed by atoms with Crippen molar-refractivity contribution in [3.63, 3.8) is 0 Å². The van der Waals surface area contributed by atoms with E-state index in [0.717, 1.165) is 0 Å². The molecule has 1 amide bonds. The number of halogens is 1. The zero-order valence-electron chi connectivity index (χ0n) is 17.4.